The van der Waals surface area contributed by atoms with E-state index in [0.717, 1.165) is 12.8 Å². The Morgan fingerprint density at radius 3 is 2.60 bits per heavy atom. The summed E-state index contributed by atoms with van der Waals surface area (Å²) < 4.78 is 0. The number of carbonyl (C=O) groups is 1. The lowest BCUT2D eigenvalue weighted by Gasteiger charge is -2.39. The van der Waals surface area contributed by atoms with Gasteiger partial charge in [0.05, 0.1) is 10.6 Å². The van der Waals surface area contributed by atoms with Gasteiger partial charge in [0.15, 0.2) is 0 Å². The first kappa shape index (κ1) is 15.7. The summed E-state index contributed by atoms with van der Waals surface area (Å²) in [6.45, 7) is 6.77. The van der Waals surface area contributed by atoms with Crippen molar-refractivity contribution in [3.63, 3.8) is 0 Å². The predicted molar refractivity (Wildman–Crippen MR) is 84.5 cm³/mol. The van der Waals surface area contributed by atoms with Crippen molar-refractivity contribution in [2.75, 3.05) is 0 Å². The van der Waals surface area contributed by atoms with Crippen LogP contribution >= 0.6 is 23.2 Å². The third-order valence-electron chi connectivity index (χ3n) is 3.90. The fourth-order valence-electron chi connectivity index (χ4n) is 3.39. The van der Waals surface area contributed by atoms with Crippen LogP contribution in [-0.2, 0) is 0 Å². The summed E-state index contributed by atoms with van der Waals surface area (Å²) in [5.74, 6) is 0.520. The zero-order chi connectivity index (χ0) is 14.9. The molecule has 2 atom stereocenters. The third-order valence-corrected chi connectivity index (χ3v) is 4.45. The third kappa shape index (κ3) is 3.89. The number of amides is 1. The second-order valence-electron chi connectivity index (χ2n) is 6.71. The summed E-state index contributed by atoms with van der Waals surface area (Å²) in [6, 6.07) is 5.19. The van der Waals surface area contributed by atoms with Gasteiger partial charge in [-0.15, -0.1) is 0 Å². The molecule has 0 bridgehead atoms. The Labute approximate surface area is 130 Å². The molecule has 1 aliphatic rings. The van der Waals surface area contributed by atoms with E-state index < -0.39 is 0 Å². The first-order valence-corrected chi connectivity index (χ1v) is 7.78. The number of halogens is 2. The average molecular weight is 314 g/mol. The lowest BCUT2D eigenvalue weighted by atomic mass is 9.70. The van der Waals surface area contributed by atoms with Gasteiger partial charge in [0, 0.05) is 11.1 Å². The molecule has 1 amide bonds. The number of carbonyl (C=O) groups excluding carboxylic acids is 1. The van der Waals surface area contributed by atoms with Gasteiger partial charge >= 0.3 is 0 Å². The monoisotopic (exact) mass is 313 g/mol. The van der Waals surface area contributed by atoms with E-state index >= 15 is 0 Å². The van der Waals surface area contributed by atoms with Crippen molar-refractivity contribution in [3.05, 3.63) is 33.8 Å². The maximum absolute atomic E-state index is 12.3. The van der Waals surface area contributed by atoms with Crippen LogP contribution < -0.4 is 5.32 Å². The summed E-state index contributed by atoms with van der Waals surface area (Å²) in [5.41, 5.74) is 0.770. The topological polar surface area (TPSA) is 29.1 Å². The zero-order valence-electron chi connectivity index (χ0n) is 12.2. The maximum Gasteiger partial charge on any atom is 0.253 e. The van der Waals surface area contributed by atoms with Gasteiger partial charge in [-0.1, -0.05) is 44.0 Å². The van der Waals surface area contributed by atoms with E-state index in [2.05, 4.69) is 26.1 Å². The van der Waals surface area contributed by atoms with Crippen LogP contribution in [0, 0.1) is 11.3 Å². The second-order valence-corrected chi connectivity index (χ2v) is 7.55. The molecule has 0 aromatic heterocycles. The lowest BCUT2D eigenvalue weighted by Crippen LogP contribution is -2.43. The number of rotatable bonds is 2. The van der Waals surface area contributed by atoms with Crippen molar-refractivity contribution in [1.29, 1.82) is 0 Å². The lowest BCUT2D eigenvalue weighted by molar-refractivity contribution is 0.0874. The summed E-state index contributed by atoms with van der Waals surface area (Å²) in [4.78, 5) is 12.3. The summed E-state index contributed by atoms with van der Waals surface area (Å²) in [5, 5.41) is 4.06. The van der Waals surface area contributed by atoms with Gasteiger partial charge < -0.3 is 5.32 Å². The van der Waals surface area contributed by atoms with E-state index in [1.165, 1.54) is 6.42 Å². The van der Waals surface area contributed by atoms with Crippen LogP contribution in [0.2, 0.25) is 10.0 Å². The molecule has 0 spiro atoms. The van der Waals surface area contributed by atoms with Crippen LogP contribution in [0.25, 0.3) is 0 Å². The van der Waals surface area contributed by atoms with Crippen molar-refractivity contribution in [3.8, 4) is 0 Å². The fraction of sp³-hybridized carbons (Fsp3) is 0.562. The van der Waals surface area contributed by atoms with Crippen LogP contribution in [0.3, 0.4) is 0 Å². The van der Waals surface area contributed by atoms with Gasteiger partial charge in [0.25, 0.3) is 5.91 Å². The van der Waals surface area contributed by atoms with Crippen molar-refractivity contribution in [2.45, 2.75) is 46.1 Å². The van der Waals surface area contributed by atoms with Gasteiger partial charge in [-0.05, 0) is 48.8 Å². The van der Waals surface area contributed by atoms with Crippen LogP contribution in [0.15, 0.2) is 18.2 Å². The van der Waals surface area contributed by atoms with Crippen molar-refractivity contribution >= 4 is 29.1 Å². The molecule has 1 N–H and O–H groups in total. The Hall–Kier alpha value is -0.730. The molecule has 0 heterocycles. The van der Waals surface area contributed by atoms with Gasteiger partial charge in [-0.3, -0.25) is 4.79 Å². The minimum atomic E-state index is -0.110. The highest BCUT2D eigenvalue weighted by Crippen LogP contribution is 2.38. The molecule has 0 aliphatic heterocycles. The molecule has 1 saturated carbocycles. The highest BCUT2D eigenvalue weighted by molar-refractivity contribution is 6.36. The van der Waals surface area contributed by atoms with Crippen LogP contribution in [0.1, 0.15) is 50.4 Å². The molecule has 0 unspecified atom stereocenters. The van der Waals surface area contributed by atoms with E-state index in [0.29, 0.717) is 21.5 Å². The number of hydrogen-bond acceptors (Lipinski definition) is 1. The first-order chi connectivity index (χ1) is 9.27. The van der Waals surface area contributed by atoms with Crippen LogP contribution in [0.5, 0.6) is 0 Å². The average Bonchev–Trinajstić information content (AvgIpc) is 2.25. The Morgan fingerprint density at radius 1 is 1.30 bits per heavy atom. The molecule has 1 aliphatic carbocycles. The summed E-state index contributed by atoms with van der Waals surface area (Å²) in [6.07, 6.45) is 3.25. The SMILES string of the molecule is C[C@H]1C[C@H](NC(=O)c2ccc(Cl)cc2Cl)CC(C)(C)C1. The predicted octanol–water partition coefficient (Wildman–Crippen LogP) is 4.94. The number of hydrogen-bond donors (Lipinski definition) is 1. The Morgan fingerprint density at radius 2 is 2.00 bits per heavy atom. The second kappa shape index (κ2) is 5.95. The molecular weight excluding hydrogens is 293 g/mol. The van der Waals surface area contributed by atoms with Gasteiger partial charge in [0.1, 0.15) is 0 Å². The van der Waals surface area contributed by atoms with E-state index in [1.807, 2.05) is 0 Å². The van der Waals surface area contributed by atoms with Crippen molar-refractivity contribution < 1.29 is 4.79 Å². The standard InChI is InChI=1S/C16H21Cl2NO/c1-10-6-12(9-16(2,3)8-10)19-15(20)13-5-4-11(17)7-14(13)18/h4-5,7,10,12H,6,8-9H2,1-3H3,(H,19,20)/t10-,12-/m0/s1. The number of benzene rings is 1. The molecular formula is C16H21Cl2NO. The van der Waals surface area contributed by atoms with E-state index in [1.54, 1.807) is 18.2 Å². The molecule has 110 valence electrons. The van der Waals surface area contributed by atoms with E-state index in [4.69, 9.17) is 23.2 Å². The van der Waals surface area contributed by atoms with Crippen molar-refractivity contribution in [2.24, 2.45) is 11.3 Å². The normalized spacial score (nSPS) is 25.2. The van der Waals surface area contributed by atoms with Gasteiger partial charge in [-0.2, -0.15) is 0 Å². The highest BCUT2D eigenvalue weighted by atomic mass is 35.5. The largest absolute Gasteiger partial charge is 0.349 e. The first-order valence-electron chi connectivity index (χ1n) is 7.03. The molecule has 2 rings (SSSR count). The van der Waals surface area contributed by atoms with Crippen molar-refractivity contribution in [1.82, 2.24) is 5.32 Å². The molecule has 2 nitrogen and oxygen atoms in total. The molecule has 0 radical (unpaired) electrons. The fourth-order valence-corrected chi connectivity index (χ4v) is 3.89. The Bertz CT molecular complexity index is 513. The Kier molecular flexibility index (Phi) is 4.66. The molecule has 4 heteroatoms. The maximum atomic E-state index is 12.3. The summed E-state index contributed by atoms with van der Waals surface area (Å²) >= 11 is 11.9. The van der Waals surface area contributed by atoms with Gasteiger partial charge in [0.2, 0.25) is 0 Å². The highest BCUT2D eigenvalue weighted by Gasteiger charge is 2.32. The smallest absolute Gasteiger partial charge is 0.253 e. The van der Waals surface area contributed by atoms with Crippen LogP contribution in [0.4, 0.5) is 0 Å². The van der Waals surface area contributed by atoms with E-state index in [9.17, 15) is 4.79 Å². The quantitative estimate of drug-likeness (QED) is 0.823. The molecule has 1 fully saturated rings. The van der Waals surface area contributed by atoms with Gasteiger partial charge in [-0.25, -0.2) is 0 Å². The van der Waals surface area contributed by atoms with E-state index in [-0.39, 0.29) is 17.4 Å². The molecule has 1 aromatic carbocycles. The Balaban J connectivity index is 2.07. The number of nitrogens with one attached hydrogen (secondary N) is 1. The zero-order valence-corrected chi connectivity index (χ0v) is 13.7. The summed E-state index contributed by atoms with van der Waals surface area (Å²) in [7, 11) is 0. The minimum Gasteiger partial charge on any atom is -0.349 e. The minimum absolute atomic E-state index is 0.110. The molecule has 1 aromatic rings. The molecule has 0 saturated heterocycles. The van der Waals surface area contributed by atoms with Crippen LogP contribution in [-0.4, -0.2) is 11.9 Å². The molecule has 20 heavy (non-hydrogen) atoms.